The molecule has 50 heavy (non-hydrogen) atoms. The Morgan fingerprint density at radius 2 is 1.68 bits per heavy atom. The van der Waals surface area contributed by atoms with Gasteiger partial charge in [0.1, 0.15) is 28.8 Å². The molecule has 2 amide bonds. The van der Waals surface area contributed by atoms with Crippen LogP contribution in [-0.2, 0) is 21.4 Å². The number of fused-ring (bicyclic) bond motifs is 1. The average Bonchev–Trinajstić information content (AvgIpc) is 3.62. The highest BCUT2D eigenvalue weighted by Gasteiger charge is 2.43. The Hall–Kier alpha value is -4.43. The summed E-state index contributed by atoms with van der Waals surface area (Å²) in [7, 11) is -4.22. The van der Waals surface area contributed by atoms with Crippen molar-refractivity contribution in [2.24, 2.45) is 10.9 Å². The third-order valence-electron chi connectivity index (χ3n) is 9.13. The normalized spacial score (nSPS) is 17.4. The van der Waals surface area contributed by atoms with Crippen molar-refractivity contribution < 1.29 is 28.0 Å². The van der Waals surface area contributed by atoms with E-state index in [-0.39, 0.29) is 71.9 Å². The van der Waals surface area contributed by atoms with Crippen LogP contribution in [0.4, 0.5) is 0 Å². The van der Waals surface area contributed by atoms with Gasteiger partial charge in [0.25, 0.3) is 5.91 Å². The molecule has 0 saturated carbocycles. The molecule has 6 rings (SSSR count). The lowest BCUT2D eigenvalue weighted by Crippen LogP contribution is -2.55. The van der Waals surface area contributed by atoms with Crippen molar-refractivity contribution in [2.45, 2.75) is 44.2 Å². The van der Waals surface area contributed by atoms with Crippen LogP contribution < -0.4 is 10.5 Å². The summed E-state index contributed by atoms with van der Waals surface area (Å²) in [5.74, 6) is -0.182. The third-order valence-corrected chi connectivity index (χ3v) is 12.0. The summed E-state index contributed by atoms with van der Waals surface area (Å²) in [5.41, 5.74) is 9.31. The predicted molar refractivity (Wildman–Crippen MR) is 190 cm³/mol. The number of amidine groups is 1. The van der Waals surface area contributed by atoms with Gasteiger partial charge in [-0.05, 0) is 68.7 Å². The van der Waals surface area contributed by atoms with Gasteiger partial charge in [0.2, 0.25) is 15.9 Å². The van der Waals surface area contributed by atoms with Gasteiger partial charge >= 0.3 is 0 Å². The summed E-state index contributed by atoms with van der Waals surface area (Å²) in [6, 6.07) is 15.9. The van der Waals surface area contributed by atoms with E-state index in [4.69, 9.17) is 38.9 Å². The molecule has 4 aromatic rings. The van der Waals surface area contributed by atoms with Crippen molar-refractivity contribution in [1.29, 1.82) is 0 Å². The number of halogens is 2. The summed E-state index contributed by atoms with van der Waals surface area (Å²) in [6.45, 7) is 4.94. The van der Waals surface area contributed by atoms with Gasteiger partial charge in [-0.2, -0.15) is 4.31 Å². The lowest BCUT2D eigenvalue weighted by Gasteiger charge is -2.37. The Balaban J connectivity index is 1.16. The minimum atomic E-state index is -4.22. The average molecular weight is 740 g/mol. The third kappa shape index (κ3) is 6.82. The van der Waals surface area contributed by atoms with Crippen molar-refractivity contribution in [2.75, 3.05) is 32.7 Å². The molecule has 2 fully saturated rings. The van der Waals surface area contributed by atoms with Crippen molar-refractivity contribution >= 4 is 61.8 Å². The molecule has 1 aromatic heterocycles. The van der Waals surface area contributed by atoms with Crippen LogP contribution in [0.1, 0.15) is 45.6 Å². The summed E-state index contributed by atoms with van der Waals surface area (Å²) >= 11 is 13.3. The molecule has 3 heterocycles. The van der Waals surface area contributed by atoms with Gasteiger partial charge in [-0.3, -0.25) is 9.59 Å². The van der Waals surface area contributed by atoms with Crippen LogP contribution in [0.2, 0.25) is 10.0 Å². The number of carbonyl (C=O) groups excluding carboxylic acids is 2. The van der Waals surface area contributed by atoms with Crippen LogP contribution in [0.15, 0.2) is 70.7 Å². The molecule has 1 atom stereocenters. The summed E-state index contributed by atoms with van der Waals surface area (Å²) in [6.07, 6.45) is 0.852. The van der Waals surface area contributed by atoms with Gasteiger partial charge < -0.3 is 25.5 Å². The SMILES string of the molecule is Cc1cc(C)c2cccc(OCc3c(Cl)ccc(S(=O)(=O)N4CCC[C@H]4C(=O)N4CCN(C(=O)c5cccc(C(N)=NO)c5)CC4)c3Cl)c2n1. The summed E-state index contributed by atoms with van der Waals surface area (Å²) in [5, 5.41) is 13.1. The van der Waals surface area contributed by atoms with Gasteiger partial charge in [-0.15, -0.1) is 0 Å². The van der Waals surface area contributed by atoms with Crippen LogP contribution in [0.25, 0.3) is 10.9 Å². The first kappa shape index (κ1) is 35.4. The zero-order valence-corrected chi connectivity index (χ0v) is 29.8. The summed E-state index contributed by atoms with van der Waals surface area (Å²) < 4.78 is 35.6. The second-order valence-electron chi connectivity index (χ2n) is 12.3. The number of sulfonamides is 1. The number of piperazine rings is 1. The van der Waals surface area contributed by atoms with Gasteiger partial charge in [-0.25, -0.2) is 13.4 Å². The Labute approximate surface area is 300 Å². The quantitative estimate of drug-likeness (QED) is 0.111. The zero-order valence-electron chi connectivity index (χ0n) is 27.5. The standard InChI is InChI=1S/C35H36Cl2N6O6S/c1-21-18-22(2)39-32-25(21)8-4-10-29(32)49-20-26-27(36)11-12-30(31(26)37)50(47,48)43-13-5-9-28(43)35(45)42-16-14-41(15-17-42)34(44)24-7-3-6-23(19-24)33(38)40-46/h3-4,6-8,10-12,18-19,28,46H,5,9,13-17,20H2,1-2H3,(H2,38,40)/t28-/m0/s1. The minimum absolute atomic E-state index is 0.0700. The first-order valence-electron chi connectivity index (χ1n) is 16.0. The van der Waals surface area contributed by atoms with Crippen molar-refractivity contribution in [3.05, 3.63) is 98.7 Å². The van der Waals surface area contributed by atoms with Gasteiger partial charge in [0.15, 0.2) is 5.84 Å². The Kier molecular flexibility index (Phi) is 10.2. The number of benzene rings is 3. The highest BCUT2D eigenvalue weighted by molar-refractivity contribution is 7.89. The molecule has 3 N–H and O–H groups in total. The molecule has 2 saturated heterocycles. The smallest absolute Gasteiger partial charge is 0.253 e. The number of aryl methyl sites for hydroxylation is 2. The van der Waals surface area contributed by atoms with Crippen LogP contribution in [0.3, 0.4) is 0 Å². The van der Waals surface area contributed by atoms with E-state index in [0.29, 0.717) is 40.8 Å². The Morgan fingerprint density at radius 3 is 2.42 bits per heavy atom. The van der Waals surface area contributed by atoms with Gasteiger partial charge in [0, 0.05) is 65.5 Å². The molecule has 0 spiro atoms. The zero-order chi connectivity index (χ0) is 35.7. The largest absolute Gasteiger partial charge is 0.487 e. The van der Waals surface area contributed by atoms with Gasteiger partial charge in [-0.1, -0.05) is 52.6 Å². The predicted octanol–water partition coefficient (Wildman–Crippen LogP) is 4.97. The fourth-order valence-electron chi connectivity index (χ4n) is 6.52. The van der Waals surface area contributed by atoms with E-state index < -0.39 is 16.1 Å². The number of nitrogens with two attached hydrogens (primary N) is 1. The van der Waals surface area contributed by atoms with Crippen LogP contribution in [0.5, 0.6) is 5.75 Å². The number of rotatable bonds is 8. The molecular weight excluding hydrogens is 703 g/mol. The molecule has 2 aliphatic rings. The van der Waals surface area contributed by atoms with Crippen molar-refractivity contribution in [3.8, 4) is 5.75 Å². The second kappa shape index (κ2) is 14.4. The number of pyridine rings is 1. The number of nitrogens with zero attached hydrogens (tertiary/aromatic N) is 5. The molecule has 2 aliphatic heterocycles. The summed E-state index contributed by atoms with van der Waals surface area (Å²) in [4.78, 5) is 34.7. The minimum Gasteiger partial charge on any atom is -0.487 e. The van der Waals surface area contributed by atoms with E-state index >= 15 is 0 Å². The lowest BCUT2D eigenvalue weighted by molar-refractivity contribution is -0.136. The molecule has 0 unspecified atom stereocenters. The monoisotopic (exact) mass is 738 g/mol. The Bertz CT molecular complexity index is 2120. The second-order valence-corrected chi connectivity index (χ2v) is 15.0. The maximum absolute atomic E-state index is 14.1. The van der Waals surface area contributed by atoms with E-state index in [0.717, 1.165) is 16.6 Å². The topological polar surface area (TPSA) is 159 Å². The van der Waals surface area contributed by atoms with E-state index in [1.165, 1.54) is 22.5 Å². The maximum Gasteiger partial charge on any atom is 0.253 e. The first-order valence-corrected chi connectivity index (χ1v) is 18.2. The molecule has 0 radical (unpaired) electrons. The van der Waals surface area contributed by atoms with Crippen LogP contribution in [0, 0.1) is 13.8 Å². The highest BCUT2D eigenvalue weighted by Crippen LogP contribution is 2.37. The van der Waals surface area contributed by atoms with E-state index in [2.05, 4.69) is 10.1 Å². The number of carbonyl (C=O) groups is 2. The molecular formula is C35H36Cl2N6O6S. The molecule has 262 valence electrons. The number of hydrogen-bond acceptors (Lipinski definition) is 8. The van der Waals surface area contributed by atoms with E-state index in [1.54, 1.807) is 34.1 Å². The molecule has 0 aliphatic carbocycles. The van der Waals surface area contributed by atoms with Crippen LogP contribution in [-0.4, -0.2) is 89.1 Å². The van der Waals surface area contributed by atoms with Crippen molar-refractivity contribution in [3.63, 3.8) is 0 Å². The number of hydrogen-bond donors (Lipinski definition) is 2. The van der Waals surface area contributed by atoms with E-state index in [1.807, 2.05) is 32.0 Å². The van der Waals surface area contributed by atoms with Gasteiger partial charge in [0.05, 0.1) is 5.02 Å². The van der Waals surface area contributed by atoms with E-state index in [9.17, 15) is 18.0 Å². The maximum atomic E-state index is 14.1. The van der Waals surface area contributed by atoms with Crippen LogP contribution >= 0.6 is 23.2 Å². The first-order chi connectivity index (χ1) is 23.9. The number of para-hydroxylation sites is 1. The molecule has 0 bridgehead atoms. The number of aromatic nitrogens is 1. The van der Waals surface area contributed by atoms with Crippen molar-refractivity contribution in [1.82, 2.24) is 19.1 Å². The Morgan fingerprint density at radius 1 is 0.980 bits per heavy atom. The lowest BCUT2D eigenvalue weighted by atomic mass is 10.1. The fourth-order valence-corrected chi connectivity index (χ4v) is 9.04. The number of ether oxygens (including phenoxy) is 1. The fraction of sp³-hybridized carbons (Fsp3) is 0.314. The highest BCUT2D eigenvalue weighted by atomic mass is 35.5. The molecule has 3 aromatic carbocycles. The molecule has 12 nitrogen and oxygen atoms in total. The number of oxime groups is 1. The number of amides is 2. The molecule has 15 heteroatoms.